The van der Waals surface area contributed by atoms with Gasteiger partial charge in [0.05, 0.1) is 0 Å². The SMILES string of the molecule is CNC1CCCN(c2cccc3cnccc23)C1. The van der Waals surface area contributed by atoms with Crippen molar-refractivity contribution >= 4 is 16.5 Å². The van der Waals surface area contributed by atoms with Crippen LogP contribution in [0.1, 0.15) is 12.8 Å². The zero-order valence-electron chi connectivity index (χ0n) is 10.8. The van der Waals surface area contributed by atoms with Crippen LogP contribution in [0.15, 0.2) is 36.7 Å². The summed E-state index contributed by atoms with van der Waals surface area (Å²) < 4.78 is 0. The van der Waals surface area contributed by atoms with Gasteiger partial charge in [-0.15, -0.1) is 0 Å². The van der Waals surface area contributed by atoms with E-state index in [-0.39, 0.29) is 0 Å². The second-order valence-electron chi connectivity index (χ2n) is 4.95. The minimum absolute atomic E-state index is 0.607. The van der Waals surface area contributed by atoms with Gasteiger partial charge >= 0.3 is 0 Å². The molecular weight excluding hydrogens is 222 g/mol. The van der Waals surface area contributed by atoms with Crippen LogP contribution in [0.5, 0.6) is 0 Å². The van der Waals surface area contributed by atoms with Crippen molar-refractivity contribution in [2.24, 2.45) is 0 Å². The van der Waals surface area contributed by atoms with E-state index in [2.05, 4.69) is 46.5 Å². The third-order valence-corrected chi connectivity index (χ3v) is 3.83. The fourth-order valence-corrected chi connectivity index (χ4v) is 2.81. The number of nitrogens with zero attached hydrogens (tertiary/aromatic N) is 2. The van der Waals surface area contributed by atoms with Crippen LogP contribution in [0.2, 0.25) is 0 Å². The molecule has 1 saturated heterocycles. The zero-order valence-corrected chi connectivity index (χ0v) is 10.8. The molecule has 1 unspecified atom stereocenters. The third kappa shape index (κ3) is 2.06. The van der Waals surface area contributed by atoms with Gasteiger partial charge in [-0.1, -0.05) is 12.1 Å². The Bertz CT molecular complexity index is 533. The molecule has 94 valence electrons. The van der Waals surface area contributed by atoms with Crippen LogP contribution in [0.4, 0.5) is 5.69 Å². The first-order valence-electron chi connectivity index (χ1n) is 6.63. The molecule has 1 aromatic heterocycles. The first kappa shape index (κ1) is 11.5. The molecule has 2 heterocycles. The van der Waals surface area contributed by atoms with Crippen molar-refractivity contribution < 1.29 is 0 Å². The largest absolute Gasteiger partial charge is 0.369 e. The predicted octanol–water partition coefficient (Wildman–Crippen LogP) is 2.42. The summed E-state index contributed by atoms with van der Waals surface area (Å²) in [4.78, 5) is 6.69. The normalized spacial score (nSPS) is 20.3. The molecule has 1 atom stereocenters. The average Bonchev–Trinajstić information content (AvgIpc) is 2.47. The van der Waals surface area contributed by atoms with E-state index in [0.717, 1.165) is 13.1 Å². The van der Waals surface area contributed by atoms with E-state index in [1.165, 1.54) is 29.3 Å². The summed E-state index contributed by atoms with van der Waals surface area (Å²) >= 11 is 0. The van der Waals surface area contributed by atoms with Crippen molar-refractivity contribution in [1.82, 2.24) is 10.3 Å². The molecule has 3 heteroatoms. The average molecular weight is 241 g/mol. The molecule has 0 aliphatic carbocycles. The fraction of sp³-hybridized carbons (Fsp3) is 0.400. The van der Waals surface area contributed by atoms with Gasteiger partial charge in [-0.05, 0) is 32.0 Å². The summed E-state index contributed by atoms with van der Waals surface area (Å²) in [6, 6.07) is 9.21. The Hall–Kier alpha value is -1.61. The highest BCUT2D eigenvalue weighted by molar-refractivity contribution is 5.93. The molecule has 0 spiro atoms. The van der Waals surface area contributed by atoms with Gasteiger partial charge < -0.3 is 10.2 Å². The van der Waals surface area contributed by atoms with Gasteiger partial charge in [0.25, 0.3) is 0 Å². The van der Waals surface area contributed by atoms with E-state index in [1.54, 1.807) is 0 Å². The van der Waals surface area contributed by atoms with Gasteiger partial charge in [-0.2, -0.15) is 0 Å². The van der Waals surface area contributed by atoms with Crippen LogP contribution in [-0.2, 0) is 0 Å². The van der Waals surface area contributed by atoms with E-state index in [4.69, 9.17) is 0 Å². The van der Waals surface area contributed by atoms with Crippen LogP contribution in [0, 0.1) is 0 Å². The maximum absolute atomic E-state index is 4.20. The van der Waals surface area contributed by atoms with Crippen LogP contribution < -0.4 is 10.2 Å². The van der Waals surface area contributed by atoms with E-state index >= 15 is 0 Å². The van der Waals surface area contributed by atoms with Gasteiger partial charge in [-0.3, -0.25) is 4.98 Å². The summed E-state index contributed by atoms with van der Waals surface area (Å²) in [7, 11) is 2.06. The van der Waals surface area contributed by atoms with E-state index < -0.39 is 0 Å². The van der Waals surface area contributed by atoms with Crippen LogP contribution in [0.25, 0.3) is 10.8 Å². The first-order valence-corrected chi connectivity index (χ1v) is 6.63. The molecule has 1 aromatic carbocycles. The third-order valence-electron chi connectivity index (χ3n) is 3.83. The zero-order chi connectivity index (χ0) is 12.4. The Labute approximate surface area is 108 Å². The Morgan fingerprint density at radius 3 is 3.17 bits per heavy atom. The number of nitrogens with one attached hydrogen (secondary N) is 1. The fourth-order valence-electron chi connectivity index (χ4n) is 2.81. The van der Waals surface area contributed by atoms with Gasteiger partial charge in [0.2, 0.25) is 0 Å². The number of piperidine rings is 1. The summed E-state index contributed by atoms with van der Waals surface area (Å²) in [5.74, 6) is 0. The number of likely N-dealkylation sites (N-methyl/N-ethyl adjacent to an activating group) is 1. The van der Waals surface area contributed by atoms with Crippen molar-refractivity contribution in [1.29, 1.82) is 0 Å². The summed E-state index contributed by atoms with van der Waals surface area (Å²) in [5, 5.41) is 5.93. The highest BCUT2D eigenvalue weighted by Crippen LogP contribution is 2.28. The van der Waals surface area contributed by atoms with Crippen molar-refractivity contribution in [2.75, 3.05) is 25.0 Å². The molecule has 1 fully saturated rings. The number of fused-ring (bicyclic) bond motifs is 1. The lowest BCUT2D eigenvalue weighted by atomic mass is 10.0. The maximum Gasteiger partial charge on any atom is 0.0447 e. The monoisotopic (exact) mass is 241 g/mol. The van der Waals surface area contributed by atoms with Crippen LogP contribution in [-0.4, -0.2) is 31.2 Å². The summed E-state index contributed by atoms with van der Waals surface area (Å²) in [6.07, 6.45) is 6.36. The lowest BCUT2D eigenvalue weighted by Crippen LogP contribution is -2.44. The van der Waals surface area contributed by atoms with E-state index in [0.29, 0.717) is 6.04 Å². The number of rotatable bonds is 2. The minimum atomic E-state index is 0.607. The maximum atomic E-state index is 4.20. The van der Waals surface area contributed by atoms with Crippen molar-refractivity contribution in [3.05, 3.63) is 36.7 Å². The van der Waals surface area contributed by atoms with Crippen LogP contribution >= 0.6 is 0 Å². The van der Waals surface area contributed by atoms with Crippen LogP contribution in [0.3, 0.4) is 0 Å². The lowest BCUT2D eigenvalue weighted by molar-refractivity contribution is 0.450. The van der Waals surface area contributed by atoms with Gasteiger partial charge in [-0.25, -0.2) is 0 Å². The molecular formula is C15H19N3. The molecule has 3 rings (SSSR count). The molecule has 18 heavy (non-hydrogen) atoms. The Balaban J connectivity index is 1.98. The molecule has 1 N–H and O–H groups in total. The highest BCUT2D eigenvalue weighted by Gasteiger charge is 2.19. The van der Waals surface area contributed by atoms with E-state index in [9.17, 15) is 0 Å². The van der Waals surface area contributed by atoms with Gasteiger partial charge in [0, 0.05) is 48.0 Å². The van der Waals surface area contributed by atoms with Gasteiger partial charge in [0.1, 0.15) is 0 Å². The first-order chi connectivity index (χ1) is 8.88. The van der Waals surface area contributed by atoms with Gasteiger partial charge in [0.15, 0.2) is 0 Å². The smallest absolute Gasteiger partial charge is 0.0447 e. The molecule has 3 nitrogen and oxygen atoms in total. The van der Waals surface area contributed by atoms with Crippen molar-refractivity contribution in [2.45, 2.75) is 18.9 Å². The molecule has 0 saturated carbocycles. The quantitative estimate of drug-likeness (QED) is 0.875. The number of hydrogen-bond donors (Lipinski definition) is 1. The lowest BCUT2D eigenvalue weighted by Gasteiger charge is -2.35. The Morgan fingerprint density at radius 1 is 1.33 bits per heavy atom. The Kier molecular flexibility index (Phi) is 3.15. The van der Waals surface area contributed by atoms with E-state index in [1.807, 2.05) is 12.4 Å². The van der Waals surface area contributed by atoms with Crippen molar-refractivity contribution in [3.63, 3.8) is 0 Å². The highest BCUT2D eigenvalue weighted by atomic mass is 15.2. The summed E-state index contributed by atoms with van der Waals surface area (Å²) in [5.41, 5.74) is 1.34. The topological polar surface area (TPSA) is 28.2 Å². The Morgan fingerprint density at radius 2 is 2.28 bits per heavy atom. The molecule has 0 radical (unpaired) electrons. The minimum Gasteiger partial charge on any atom is -0.369 e. The number of pyridine rings is 1. The summed E-state index contributed by atoms with van der Waals surface area (Å²) in [6.45, 7) is 2.25. The number of benzene rings is 1. The molecule has 0 bridgehead atoms. The molecule has 2 aromatic rings. The standard InChI is InChI=1S/C15H19N3/c1-16-13-5-3-9-18(11-13)15-6-2-4-12-10-17-8-7-14(12)15/h2,4,6-8,10,13,16H,3,5,9,11H2,1H3. The van der Waals surface area contributed by atoms with Crippen molar-refractivity contribution in [3.8, 4) is 0 Å². The number of anilines is 1. The second kappa shape index (κ2) is 4.94. The molecule has 0 amide bonds. The second-order valence-corrected chi connectivity index (χ2v) is 4.95. The number of hydrogen-bond acceptors (Lipinski definition) is 3. The molecule has 1 aliphatic heterocycles. The number of aromatic nitrogens is 1. The predicted molar refractivity (Wildman–Crippen MR) is 76.0 cm³/mol. The molecule has 1 aliphatic rings.